The highest BCUT2D eigenvalue weighted by Gasteiger charge is 2.37. The molecule has 2 atom stereocenters. The third-order valence-electron chi connectivity index (χ3n) is 4.68. The van der Waals surface area contributed by atoms with Crippen LogP contribution in [0.15, 0.2) is 30.3 Å². The Kier molecular flexibility index (Phi) is 8.65. The highest BCUT2D eigenvalue weighted by Crippen LogP contribution is 2.23. The van der Waals surface area contributed by atoms with Crippen molar-refractivity contribution in [2.75, 3.05) is 20.3 Å². The van der Waals surface area contributed by atoms with Crippen molar-refractivity contribution >= 4 is 18.0 Å². The minimum absolute atomic E-state index is 0.114. The first-order valence-electron chi connectivity index (χ1n) is 10.2. The fraction of sp³-hybridized carbons (Fsp3) is 0.591. The maximum absolute atomic E-state index is 12.8. The molecule has 0 bridgehead atoms. The summed E-state index contributed by atoms with van der Waals surface area (Å²) in [6.45, 7) is 6.07. The smallest absolute Gasteiger partial charge is 0.410 e. The molecule has 1 saturated carbocycles. The van der Waals surface area contributed by atoms with Crippen molar-refractivity contribution in [1.82, 2.24) is 10.2 Å². The SMILES string of the molecule is COCCN(C(=O)OC(C)(C)C)[C@H]1CC[C@H](NC(=O)OCc2ccccc2)CC1=O. The summed E-state index contributed by atoms with van der Waals surface area (Å²) in [5.74, 6) is -0.114. The lowest BCUT2D eigenvalue weighted by Gasteiger charge is -2.36. The van der Waals surface area contributed by atoms with Gasteiger partial charge in [0.25, 0.3) is 0 Å². The van der Waals surface area contributed by atoms with Crippen LogP contribution in [0, 0.1) is 0 Å². The Morgan fingerprint density at radius 1 is 1.17 bits per heavy atom. The number of ether oxygens (including phenoxy) is 3. The highest BCUT2D eigenvalue weighted by molar-refractivity contribution is 5.89. The average Bonchev–Trinajstić information content (AvgIpc) is 2.67. The monoisotopic (exact) mass is 420 g/mol. The quantitative estimate of drug-likeness (QED) is 0.727. The molecule has 0 aromatic heterocycles. The largest absolute Gasteiger partial charge is 0.445 e. The van der Waals surface area contributed by atoms with E-state index in [1.807, 2.05) is 30.3 Å². The van der Waals surface area contributed by atoms with Gasteiger partial charge >= 0.3 is 12.2 Å². The molecule has 1 aliphatic rings. The Bertz CT molecular complexity index is 716. The molecule has 30 heavy (non-hydrogen) atoms. The van der Waals surface area contributed by atoms with E-state index < -0.39 is 23.8 Å². The van der Waals surface area contributed by atoms with E-state index >= 15 is 0 Å². The minimum Gasteiger partial charge on any atom is -0.445 e. The zero-order valence-corrected chi connectivity index (χ0v) is 18.2. The van der Waals surface area contributed by atoms with E-state index in [1.54, 1.807) is 20.8 Å². The lowest BCUT2D eigenvalue weighted by atomic mass is 9.89. The van der Waals surface area contributed by atoms with Crippen LogP contribution >= 0.6 is 0 Å². The molecule has 0 saturated heterocycles. The molecule has 1 N–H and O–H groups in total. The molecule has 0 aliphatic heterocycles. The first-order chi connectivity index (χ1) is 14.2. The van der Waals surface area contributed by atoms with Gasteiger partial charge in [0.1, 0.15) is 12.2 Å². The summed E-state index contributed by atoms with van der Waals surface area (Å²) in [6, 6.07) is 8.46. The summed E-state index contributed by atoms with van der Waals surface area (Å²) in [7, 11) is 1.54. The van der Waals surface area contributed by atoms with Crippen LogP contribution in [0.25, 0.3) is 0 Å². The second kappa shape index (κ2) is 11.0. The summed E-state index contributed by atoms with van der Waals surface area (Å²) in [4.78, 5) is 38.9. The first kappa shape index (κ1) is 23.7. The highest BCUT2D eigenvalue weighted by atomic mass is 16.6. The molecule has 0 radical (unpaired) electrons. The second-order valence-corrected chi connectivity index (χ2v) is 8.33. The molecule has 166 valence electrons. The van der Waals surface area contributed by atoms with Gasteiger partial charge in [-0.25, -0.2) is 9.59 Å². The third kappa shape index (κ3) is 7.67. The number of nitrogens with one attached hydrogen (secondary N) is 1. The number of hydrogen-bond acceptors (Lipinski definition) is 6. The first-order valence-corrected chi connectivity index (χ1v) is 10.2. The standard InChI is InChI=1S/C22H32N2O6/c1-22(2,3)30-21(27)24(12-13-28-4)18-11-10-17(14-19(18)25)23-20(26)29-15-16-8-6-5-7-9-16/h5-9,17-18H,10-15H2,1-4H3,(H,23,26)/t17-,18-/m0/s1. The topological polar surface area (TPSA) is 94.2 Å². The van der Waals surface area contributed by atoms with Crippen LogP contribution in [0.2, 0.25) is 0 Å². The van der Waals surface area contributed by atoms with E-state index in [4.69, 9.17) is 14.2 Å². The van der Waals surface area contributed by atoms with Gasteiger partial charge in [0.2, 0.25) is 0 Å². The van der Waals surface area contributed by atoms with Gasteiger partial charge in [-0.1, -0.05) is 30.3 Å². The lowest BCUT2D eigenvalue weighted by Crippen LogP contribution is -2.53. The van der Waals surface area contributed by atoms with E-state index in [0.717, 1.165) is 5.56 Å². The lowest BCUT2D eigenvalue weighted by molar-refractivity contribution is -0.127. The molecule has 0 heterocycles. The summed E-state index contributed by atoms with van der Waals surface area (Å²) in [5.41, 5.74) is 0.228. The predicted molar refractivity (Wildman–Crippen MR) is 111 cm³/mol. The maximum atomic E-state index is 12.8. The van der Waals surface area contributed by atoms with E-state index in [9.17, 15) is 14.4 Å². The molecule has 8 heteroatoms. The molecular formula is C22H32N2O6. The molecule has 0 spiro atoms. The second-order valence-electron chi connectivity index (χ2n) is 8.33. The van der Waals surface area contributed by atoms with Crippen molar-refractivity contribution < 1.29 is 28.6 Å². The molecule has 8 nitrogen and oxygen atoms in total. The van der Waals surface area contributed by atoms with Crippen LogP contribution in [0.3, 0.4) is 0 Å². The molecule has 2 rings (SSSR count). The van der Waals surface area contributed by atoms with Gasteiger partial charge in [-0.15, -0.1) is 0 Å². The maximum Gasteiger partial charge on any atom is 0.410 e. The minimum atomic E-state index is -0.660. The Labute approximate surface area is 177 Å². The number of ketones is 1. The van der Waals surface area contributed by atoms with E-state index in [0.29, 0.717) is 19.4 Å². The van der Waals surface area contributed by atoms with Gasteiger partial charge in [0.15, 0.2) is 5.78 Å². The zero-order chi connectivity index (χ0) is 22.1. The number of methoxy groups -OCH3 is 1. The van der Waals surface area contributed by atoms with Crippen molar-refractivity contribution in [3.05, 3.63) is 35.9 Å². The van der Waals surface area contributed by atoms with Gasteiger partial charge in [-0.05, 0) is 39.2 Å². The van der Waals surface area contributed by atoms with Crippen molar-refractivity contribution in [2.24, 2.45) is 0 Å². The summed E-state index contributed by atoms with van der Waals surface area (Å²) < 4.78 is 15.8. The van der Waals surface area contributed by atoms with Gasteiger partial charge in [0, 0.05) is 26.1 Å². The van der Waals surface area contributed by atoms with Gasteiger partial charge < -0.3 is 19.5 Å². The molecule has 1 aromatic rings. The molecule has 1 aromatic carbocycles. The van der Waals surface area contributed by atoms with Crippen molar-refractivity contribution in [2.45, 2.75) is 64.3 Å². The van der Waals surface area contributed by atoms with Crippen molar-refractivity contribution in [3.63, 3.8) is 0 Å². The third-order valence-corrected chi connectivity index (χ3v) is 4.68. The Morgan fingerprint density at radius 2 is 1.87 bits per heavy atom. The van der Waals surface area contributed by atoms with Crippen molar-refractivity contribution in [3.8, 4) is 0 Å². The molecule has 2 amide bonds. The van der Waals surface area contributed by atoms with E-state index in [2.05, 4.69) is 5.32 Å². The van der Waals surface area contributed by atoms with Crippen LogP contribution in [0.5, 0.6) is 0 Å². The number of benzene rings is 1. The summed E-state index contributed by atoms with van der Waals surface area (Å²) >= 11 is 0. The van der Waals surface area contributed by atoms with Crippen LogP contribution in [0.4, 0.5) is 9.59 Å². The average molecular weight is 421 g/mol. The van der Waals surface area contributed by atoms with Crippen LogP contribution in [-0.4, -0.2) is 60.8 Å². The Hall–Kier alpha value is -2.61. The number of amides is 2. The van der Waals surface area contributed by atoms with Crippen LogP contribution < -0.4 is 5.32 Å². The Balaban J connectivity index is 1.89. The fourth-order valence-electron chi connectivity index (χ4n) is 3.27. The van der Waals surface area contributed by atoms with Crippen molar-refractivity contribution in [1.29, 1.82) is 0 Å². The Morgan fingerprint density at radius 3 is 2.47 bits per heavy atom. The number of carbonyl (C=O) groups excluding carboxylic acids is 3. The molecule has 0 unspecified atom stereocenters. The molecule has 1 fully saturated rings. The van der Waals surface area contributed by atoms with Crippen LogP contribution in [0.1, 0.15) is 45.6 Å². The van der Waals surface area contributed by atoms with Gasteiger partial charge in [-0.3, -0.25) is 9.69 Å². The number of Topliss-reactive ketones (excluding diaryl/α,β-unsaturated/α-hetero) is 1. The molecule has 1 aliphatic carbocycles. The normalized spacial score (nSPS) is 19.1. The number of carbonyl (C=O) groups is 3. The van der Waals surface area contributed by atoms with E-state index in [-0.39, 0.29) is 31.4 Å². The van der Waals surface area contributed by atoms with Gasteiger partial charge in [0.05, 0.1) is 12.6 Å². The number of alkyl carbamates (subject to hydrolysis) is 1. The van der Waals surface area contributed by atoms with Gasteiger partial charge in [-0.2, -0.15) is 0 Å². The number of nitrogens with zero attached hydrogens (tertiary/aromatic N) is 1. The number of hydrogen-bond donors (Lipinski definition) is 1. The number of rotatable bonds is 7. The van der Waals surface area contributed by atoms with E-state index in [1.165, 1.54) is 12.0 Å². The fourth-order valence-corrected chi connectivity index (χ4v) is 3.27. The zero-order valence-electron chi connectivity index (χ0n) is 18.2. The summed E-state index contributed by atoms with van der Waals surface area (Å²) in [5, 5.41) is 2.75. The van der Waals surface area contributed by atoms with Crippen LogP contribution in [-0.2, 0) is 25.6 Å². The summed E-state index contributed by atoms with van der Waals surface area (Å²) in [6.07, 6.45) is 0.0383. The molecular weight excluding hydrogens is 388 g/mol. The predicted octanol–water partition coefficient (Wildman–Crippen LogP) is 3.29.